The van der Waals surface area contributed by atoms with Crippen LogP contribution in [0.3, 0.4) is 0 Å². The zero-order valence-corrected chi connectivity index (χ0v) is 18.2. The van der Waals surface area contributed by atoms with Gasteiger partial charge in [-0.2, -0.15) is 0 Å². The van der Waals surface area contributed by atoms with Crippen molar-refractivity contribution in [3.63, 3.8) is 0 Å². The van der Waals surface area contributed by atoms with E-state index < -0.39 is 36.9 Å². The number of nitrogens with zero attached hydrogens (tertiary/aromatic N) is 4. The van der Waals surface area contributed by atoms with Crippen molar-refractivity contribution in [1.82, 2.24) is 9.97 Å². The number of nitrogens with two attached hydrogens (primary N) is 1. The highest BCUT2D eigenvalue weighted by Crippen LogP contribution is 2.47. The second-order valence-corrected chi connectivity index (χ2v) is 11.4. The molecule has 4 rings (SSSR count). The van der Waals surface area contributed by atoms with E-state index >= 15 is 0 Å². The third-order valence-corrected chi connectivity index (χ3v) is 9.83. The van der Waals surface area contributed by atoms with Crippen LogP contribution in [0.5, 0.6) is 0 Å². The molecule has 0 spiro atoms. The number of aromatic nitrogens is 2. The highest BCUT2D eigenvalue weighted by molar-refractivity contribution is 7.96. The fourth-order valence-electron chi connectivity index (χ4n) is 4.21. The van der Waals surface area contributed by atoms with Gasteiger partial charge in [-0.05, 0) is 51.5 Å². The molecule has 0 aliphatic carbocycles. The molecule has 4 heterocycles. The van der Waals surface area contributed by atoms with Gasteiger partial charge in [0.05, 0.1) is 27.6 Å². The monoisotopic (exact) mass is 447 g/mol. The zero-order chi connectivity index (χ0) is 22.6. The predicted molar refractivity (Wildman–Crippen MR) is 113 cm³/mol. The van der Waals surface area contributed by atoms with Crippen LogP contribution < -0.4 is 5.73 Å². The second kappa shape index (κ2) is 7.15. The van der Waals surface area contributed by atoms with Crippen LogP contribution in [-0.4, -0.2) is 42.3 Å². The fraction of sp³-hybridized carbons (Fsp3) is 0.429. The van der Waals surface area contributed by atoms with Crippen LogP contribution in [0.1, 0.15) is 49.1 Å². The first-order valence-corrected chi connectivity index (χ1v) is 11.4. The molecule has 0 unspecified atom stereocenters. The largest absolute Gasteiger partial charge is 0.386 e. The third kappa shape index (κ3) is 3.24. The lowest BCUT2D eigenvalue weighted by Crippen LogP contribution is -2.58. The number of Topliss-reactive ketones (excluding diaryl/α,β-unsaturated/α-hetero) is 1. The van der Waals surface area contributed by atoms with Crippen LogP contribution in [0.25, 0.3) is 0 Å². The van der Waals surface area contributed by atoms with Gasteiger partial charge in [0.1, 0.15) is 39.1 Å². The Morgan fingerprint density at radius 1 is 1.23 bits per heavy atom. The molecule has 0 aromatic carbocycles. The van der Waals surface area contributed by atoms with Crippen molar-refractivity contribution >= 4 is 21.3 Å². The number of aliphatic imine (C=N–C) groups is 1. The summed E-state index contributed by atoms with van der Waals surface area (Å²) in [6, 6.07) is 5.05. The second-order valence-electron chi connectivity index (χ2n) is 8.45. The summed E-state index contributed by atoms with van der Waals surface area (Å²) in [5.41, 5.74) is 5.27. The summed E-state index contributed by atoms with van der Waals surface area (Å²) in [5.74, 6) is -1.42. The number of ketones is 1. The van der Waals surface area contributed by atoms with Gasteiger partial charge in [-0.15, -0.1) is 0 Å². The van der Waals surface area contributed by atoms with E-state index in [1.807, 2.05) is 0 Å². The molecule has 31 heavy (non-hydrogen) atoms. The van der Waals surface area contributed by atoms with Crippen LogP contribution in [0.4, 0.5) is 8.78 Å². The van der Waals surface area contributed by atoms with E-state index in [0.29, 0.717) is 18.7 Å². The van der Waals surface area contributed by atoms with Crippen molar-refractivity contribution in [2.45, 2.75) is 49.1 Å². The maximum atomic E-state index is 15.0. The Morgan fingerprint density at radius 2 is 1.97 bits per heavy atom. The van der Waals surface area contributed by atoms with Crippen molar-refractivity contribution in [2.24, 2.45) is 15.1 Å². The molecule has 10 heteroatoms. The summed E-state index contributed by atoms with van der Waals surface area (Å²) in [6.07, 6.45) is 1.27. The molecule has 0 saturated carbocycles. The first-order chi connectivity index (χ1) is 14.5. The summed E-state index contributed by atoms with van der Waals surface area (Å²) in [7, 11) is -2.83. The first kappa shape index (κ1) is 21.5. The number of carbonyl (C=O) groups is 1. The lowest BCUT2D eigenvalue weighted by molar-refractivity contribution is 0.0987. The molecule has 7 nitrogen and oxygen atoms in total. The van der Waals surface area contributed by atoms with Crippen LogP contribution >= 0.6 is 0 Å². The summed E-state index contributed by atoms with van der Waals surface area (Å²) in [5, 5.41) is -0.561. The molecule has 0 bridgehead atoms. The number of hydrogen-bond donors (Lipinski definition) is 1. The van der Waals surface area contributed by atoms with E-state index in [2.05, 4.69) is 19.3 Å². The number of pyridine rings is 2. The smallest absolute Gasteiger partial charge is 0.187 e. The minimum Gasteiger partial charge on any atom is -0.386 e. The Bertz CT molecular complexity index is 1220. The van der Waals surface area contributed by atoms with E-state index in [1.165, 1.54) is 18.2 Å². The molecule has 2 aromatic rings. The minimum atomic E-state index is -2.83. The highest BCUT2D eigenvalue weighted by atomic mass is 32.2. The van der Waals surface area contributed by atoms with Gasteiger partial charge in [0.25, 0.3) is 0 Å². The van der Waals surface area contributed by atoms with Crippen molar-refractivity contribution in [2.75, 3.05) is 6.54 Å². The summed E-state index contributed by atoms with van der Waals surface area (Å²) < 4.78 is 45.3. The van der Waals surface area contributed by atoms with Gasteiger partial charge in [0.15, 0.2) is 5.78 Å². The normalized spacial score (nSPS) is 29.1. The summed E-state index contributed by atoms with van der Waals surface area (Å²) >= 11 is 0. The Kier molecular flexibility index (Phi) is 4.95. The topological polar surface area (TPSA) is 111 Å². The average molecular weight is 448 g/mol. The molecular weight excluding hydrogens is 424 g/mol. The number of amidine groups is 1. The van der Waals surface area contributed by atoms with E-state index in [0.717, 1.165) is 12.3 Å². The maximum absolute atomic E-state index is 15.0. The highest BCUT2D eigenvalue weighted by Gasteiger charge is 2.57. The Balaban J connectivity index is 1.76. The van der Waals surface area contributed by atoms with E-state index in [9.17, 15) is 17.8 Å². The van der Waals surface area contributed by atoms with Gasteiger partial charge in [-0.25, -0.2) is 17.4 Å². The van der Waals surface area contributed by atoms with Crippen molar-refractivity contribution in [3.8, 4) is 0 Å². The van der Waals surface area contributed by atoms with E-state index in [4.69, 9.17) is 5.73 Å². The molecular formula is C21H23F2N5O2S. The summed E-state index contributed by atoms with van der Waals surface area (Å²) in [6.45, 7) is 5.52. The first-order valence-electron chi connectivity index (χ1n) is 9.87. The molecule has 3 atom stereocenters. The number of rotatable bonds is 4. The lowest BCUT2D eigenvalue weighted by atomic mass is 9.89. The Morgan fingerprint density at radius 3 is 2.65 bits per heavy atom. The molecule has 2 N–H and O–H groups in total. The standard InChI is InChI=1S/C21H23F2N5O2S/c1-20(2)19(24)28-21(3,17-8-9-26-31(17,20)30)18-14(23)6-5-13(27-18)10-16(29)15-7-4-12(22)11-25-15/h4-7,11,17H,8-10H2,1-3H3,(H2,24,28)/t17-,21-,31+/m0/s1. The van der Waals surface area contributed by atoms with E-state index in [1.54, 1.807) is 20.8 Å². The minimum absolute atomic E-state index is 0.0156. The average Bonchev–Trinajstić information content (AvgIpc) is 3.13. The Hall–Kier alpha value is -2.75. The Labute approximate surface area is 179 Å². The quantitative estimate of drug-likeness (QED) is 0.725. The van der Waals surface area contributed by atoms with Gasteiger partial charge in [0, 0.05) is 12.2 Å². The number of fused-ring (bicyclic) bond motifs is 1. The van der Waals surface area contributed by atoms with Crippen LogP contribution in [0.15, 0.2) is 39.8 Å². The van der Waals surface area contributed by atoms with Crippen molar-refractivity contribution in [1.29, 1.82) is 0 Å². The van der Waals surface area contributed by atoms with Crippen molar-refractivity contribution in [3.05, 3.63) is 59.2 Å². The maximum Gasteiger partial charge on any atom is 0.187 e. The van der Waals surface area contributed by atoms with Gasteiger partial charge in [-0.1, -0.05) is 0 Å². The van der Waals surface area contributed by atoms with Gasteiger partial charge >= 0.3 is 0 Å². The van der Waals surface area contributed by atoms with Crippen molar-refractivity contribution < 1.29 is 17.8 Å². The molecule has 0 saturated heterocycles. The van der Waals surface area contributed by atoms with Gasteiger partial charge in [0.2, 0.25) is 0 Å². The summed E-state index contributed by atoms with van der Waals surface area (Å²) in [4.78, 5) is 25.3. The lowest BCUT2D eigenvalue weighted by Gasteiger charge is -2.44. The zero-order valence-electron chi connectivity index (χ0n) is 17.4. The van der Waals surface area contributed by atoms with E-state index in [-0.39, 0.29) is 29.4 Å². The number of halogens is 2. The van der Waals surface area contributed by atoms with Gasteiger partial charge < -0.3 is 5.73 Å². The molecule has 0 fully saturated rings. The molecule has 0 radical (unpaired) electrons. The SMILES string of the molecule is CC1(C)C(N)=N[C@](C)(c2nc(CC(=O)c3ccc(F)cn3)ccc2F)[C@@H]2CCN=[S@@]21=O. The third-order valence-electron chi connectivity index (χ3n) is 6.13. The molecule has 0 amide bonds. The van der Waals surface area contributed by atoms with Crippen LogP contribution in [0, 0.1) is 11.6 Å². The fourth-order valence-corrected chi connectivity index (χ4v) is 7.36. The number of hydrogen-bond acceptors (Lipinski definition) is 7. The molecule has 164 valence electrons. The molecule has 2 aliphatic rings. The molecule has 2 aliphatic heterocycles. The molecule has 2 aromatic heterocycles. The number of carbonyl (C=O) groups excluding carboxylic acids is 1. The van der Waals surface area contributed by atoms with Crippen LogP contribution in [0.2, 0.25) is 0 Å². The van der Waals surface area contributed by atoms with Gasteiger partial charge in [-0.3, -0.25) is 19.8 Å². The predicted octanol–water partition coefficient (Wildman–Crippen LogP) is 2.79. The van der Waals surface area contributed by atoms with Crippen LogP contribution in [-0.2, 0) is 21.7 Å².